The predicted molar refractivity (Wildman–Crippen MR) is 51.7 cm³/mol. The van der Waals surface area contributed by atoms with Crippen LogP contribution >= 0.6 is 27.5 Å². The number of hydrogen-bond acceptors (Lipinski definition) is 2. The van der Waals surface area contributed by atoms with Crippen LogP contribution in [0.15, 0.2) is 6.33 Å². The van der Waals surface area contributed by atoms with Crippen LogP contribution in [0.4, 0.5) is 0 Å². The molecular formula is C7H10BrClN2O. The van der Waals surface area contributed by atoms with Crippen molar-refractivity contribution in [3.8, 4) is 0 Å². The normalized spacial score (nSPS) is 13.3. The zero-order valence-corrected chi connectivity index (χ0v) is 9.01. The number of imidazole rings is 1. The summed E-state index contributed by atoms with van der Waals surface area (Å²) in [4.78, 5) is 3.90. The minimum Gasteiger partial charge on any atom is -0.386 e. The summed E-state index contributed by atoms with van der Waals surface area (Å²) in [5.74, 6) is 0. The quantitative estimate of drug-likeness (QED) is 0.837. The second-order valence-corrected chi connectivity index (χ2v) is 3.38. The molecule has 0 aliphatic carbocycles. The van der Waals surface area contributed by atoms with Crippen molar-refractivity contribution < 1.29 is 5.11 Å². The van der Waals surface area contributed by atoms with Gasteiger partial charge in [0, 0.05) is 11.9 Å². The highest BCUT2D eigenvalue weighted by atomic mass is 79.9. The molecule has 1 unspecified atom stereocenters. The van der Waals surface area contributed by atoms with Crippen molar-refractivity contribution in [1.29, 1.82) is 0 Å². The van der Waals surface area contributed by atoms with Gasteiger partial charge in [0.2, 0.25) is 0 Å². The number of halogens is 2. The fraction of sp³-hybridized carbons (Fsp3) is 0.571. The summed E-state index contributed by atoms with van der Waals surface area (Å²) in [5.41, 5.74) is 0.677. The summed E-state index contributed by atoms with van der Waals surface area (Å²) >= 11 is 8.97. The number of aromatic nitrogens is 2. The largest absolute Gasteiger partial charge is 0.386 e. The van der Waals surface area contributed by atoms with Gasteiger partial charge in [-0.2, -0.15) is 0 Å². The summed E-state index contributed by atoms with van der Waals surface area (Å²) in [7, 11) is 0. The van der Waals surface area contributed by atoms with Crippen LogP contribution in [0, 0.1) is 0 Å². The van der Waals surface area contributed by atoms with Gasteiger partial charge in [0.05, 0.1) is 12.0 Å². The van der Waals surface area contributed by atoms with Gasteiger partial charge in [-0.15, -0.1) is 0 Å². The summed E-state index contributed by atoms with van der Waals surface area (Å²) in [5, 5.41) is 10.4. The molecule has 0 aliphatic heterocycles. The first kappa shape index (κ1) is 10.0. The van der Waals surface area contributed by atoms with Crippen molar-refractivity contribution in [1.82, 2.24) is 9.55 Å². The van der Waals surface area contributed by atoms with E-state index in [4.69, 9.17) is 11.6 Å². The highest BCUT2D eigenvalue weighted by Crippen LogP contribution is 2.22. The van der Waals surface area contributed by atoms with Gasteiger partial charge in [-0.1, -0.05) is 27.5 Å². The van der Waals surface area contributed by atoms with Crippen LogP contribution in [0.3, 0.4) is 0 Å². The molecule has 5 heteroatoms. The Bertz CT molecular complexity index is 264. The second kappa shape index (κ2) is 4.25. The number of aryl methyl sites for hydroxylation is 1. The highest BCUT2D eigenvalue weighted by Gasteiger charge is 2.15. The van der Waals surface area contributed by atoms with Gasteiger partial charge in [0.15, 0.2) is 5.15 Å². The van der Waals surface area contributed by atoms with E-state index in [0.29, 0.717) is 16.2 Å². The first-order valence-corrected chi connectivity index (χ1v) is 5.15. The zero-order valence-electron chi connectivity index (χ0n) is 6.67. The van der Waals surface area contributed by atoms with E-state index in [2.05, 4.69) is 20.9 Å². The number of nitrogens with zero attached hydrogens (tertiary/aromatic N) is 2. The fourth-order valence-corrected chi connectivity index (χ4v) is 1.61. The van der Waals surface area contributed by atoms with Gasteiger partial charge in [0.25, 0.3) is 0 Å². The molecule has 0 radical (unpaired) electrons. The Morgan fingerprint density at radius 3 is 3.00 bits per heavy atom. The molecule has 1 N–H and O–H groups in total. The van der Waals surface area contributed by atoms with E-state index in [1.807, 2.05) is 11.5 Å². The van der Waals surface area contributed by atoms with Gasteiger partial charge >= 0.3 is 0 Å². The molecule has 1 aromatic rings. The molecule has 0 amide bonds. The number of hydrogen-bond donors (Lipinski definition) is 1. The van der Waals surface area contributed by atoms with Crippen LogP contribution in [0.1, 0.15) is 18.7 Å². The third-order valence-corrected chi connectivity index (χ3v) is 2.54. The monoisotopic (exact) mass is 252 g/mol. The molecule has 0 bridgehead atoms. The van der Waals surface area contributed by atoms with Gasteiger partial charge in [-0.25, -0.2) is 4.98 Å². The highest BCUT2D eigenvalue weighted by molar-refractivity contribution is 9.09. The van der Waals surface area contributed by atoms with E-state index < -0.39 is 6.10 Å². The van der Waals surface area contributed by atoms with Gasteiger partial charge in [0.1, 0.15) is 6.10 Å². The molecule has 0 fully saturated rings. The molecule has 0 aromatic carbocycles. The SMILES string of the molecule is CCn1cnc(Cl)c1C(O)CBr. The maximum absolute atomic E-state index is 9.52. The van der Waals surface area contributed by atoms with E-state index in [0.717, 1.165) is 6.54 Å². The van der Waals surface area contributed by atoms with Crippen LogP contribution in [-0.2, 0) is 6.54 Å². The molecule has 1 atom stereocenters. The Hall–Kier alpha value is -0.0600. The Morgan fingerprint density at radius 1 is 1.83 bits per heavy atom. The smallest absolute Gasteiger partial charge is 0.152 e. The topological polar surface area (TPSA) is 38.0 Å². The zero-order chi connectivity index (χ0) is 9.14. The van der Waals surface area contributed by atoms with Crippen LogP contribution < -0.4 is 0 Å². The average molecular weight is 254 g/mol. The number of alkyl halides is 1. The third-order valence-electron chi connectivity index (χ3n) is 1.63. The molecule has 12 heavy (non-hydrogen) atoms. The van der Waals surface area contributed by atoms with E-state index in [-0.39, 0.29) is 0 Å². The first-order chi connectivity index (χ1) is 5.70. The summed E-state index contributed by atoms with van der Waals surface area (Å²) in [6.45, 7) is 2.74. The fourth-order valence-electron chi connectivity index (χ4n) is 1.02. The molecule has 1 rings (SSSR count). The standard InChI is InChI=1S/C7H10BrClN2O/c1-2-11-4-10-7(9)6(11)5(12)3-8/h4-5,12H,2-3H2,1H3. The molecule has 3 nitrogen and oxygen atoms in total. The van der Waals surface area contributed by atoms with Crippen molar-refractivity contribution in [3.05, 3.63) is 17.2 Å². The van der Waals surface area contributed by atoms with Crippen LogP contribution in [0.5, 0.6) is 0 Å². The van der Waals surface area contributed by atoms with Crippen LogP contribution in [0.25, 0.3) is 0 Å². The van der Waals surface area contributed by atoms with Crippen molar-refractivity contribution in [3.63, 3.8) is 0 Å². The predicted octanol–water partition coefficient (Wildman–Crippen LogP) is 1.98. The van der Waals surface area contributed by atoms with Crippen LogP contribution in [0.2, 0.25) is 5.15 Å². The van der Waals surface area contributed by atoms with E-state index in [1.54, 1.807) is 6.33 Å². The van der Waals surface area contributed by atoms with Crippen molar-refractivity contribution in [2.24, 2.45) is 0 Å². The van der Waals surface area contributed by atoms with Gasteiger partial charge < -0.3 is 9.67 Å². The Balaban J connectivity index is 3.01. The van der Waals surface area contributed by atoms with Crippen molar-refractivity contribution >= 4 is 27.5 Å². The Morgan fingerprint density at radius 2 is 2.50 bits per heavy atom. The van der Waals surface area contributed by atoms with Crippen LogP contribution in [-0.4, -0.2) is 20.0 Å². The maximum atomic E-state index is 9.52. The average Bonchev–Trinajstić information content (AvgIpc) is 2.45. The summed E-state index contributed by atoms with van der Waals surface area (Å²) < 4.78 is 1.83. The van der Waals surface area contributed by atoms with Crippen molar-refractivity contribution in [2.75, 3.05) is 5.33 Å². The maximum Gasteiger partial charge on any atom is 0.152 e. The molecule has 0 saturated carbocycles. The third kappa shape index (κ3) is 1.81. The molecule has 1 aromatic heterocycles. The van der Waals surface area contributed by atoms with E-state index in [9.17, 15) is 5.11 Å². The number of aliphatic hydroxyl groups excluding tert-OH is 1. The van der Waals surface area contributed by atoms with Gasteiger partial charge in [-0.05, 0) is 6.92 Å². The van der Waals surface area contributed by atoms with Gasteiger partial charge in [-0.3, -0.25) is 0 Å². The number of aliphatic hydroxyl groups is 1. The lowest BCUT2D eigenvalue weighted by molar-refractivity contribution is 0.195. The molecule has 0 spiro atoms. The lowest BCUT2D eigenvalue weighted by atomic mass is 10.3. The summed E-state index contributed by atoms with van der Waals surface area (Å²) in [6, 6.07) is 0. The molecular weight excluding hydrogens is 243 g/mol. The van der Waals surface area contributed by atoms with E-state index >= 15 is 0 Å². The molecule has 68 valence electrons. The van der Waals surface area contributed by atoms with E-state index in [1.165, 1.54) is 0 Å². The Labute approximate surface area is 84.5 Å². The lowest BCUT2D eigenvalue weighted by Gasteiger charge is -2.09. The lowest BCUT2D eigenvalue weighted by Crippen LogP contribution is -2.07. The molecule has 0 aliphatic rings. The van der Waals surface area contributed by atoms with Crippen molar-refractivity contribution in [2.45, 2.75) is 19.6 Å². The molecule has 0 saturated heterocycles. The number of rotatable bonds is 3. The minimum absolute atomic E-state index is 0.379. The minimum atomic E-state index is -0.583. The Kier molecular flexibility index (Phi) is 3.55. The molecule has 1 heterocycles. The first-order valence-electron chi connectivity index (χ1n) is 3.65. The second-order valence-electron chi connectivity index (χ2n) is 2.38. The summed E-state index contributed by atoms with van der Waals surface area (Å²) in [6.07, 6.45) is 1.05.